The number of hydrogen-bond acceptors (Lipinski definition) is 7. The molecule has 172 valence electrons. The van der Waals surface area contributed by atoms with Crippen molar-refractivity contribution in [2.24, 2.45) is 7.05 Å². The first-order valence-electron chi connectivity index (χ1n) is 10.4. The second kappa shape index (κ2) is 8.64. The van der Waals surface area contributed by atoms with Crippen molar-refractivity contribution in [1.29, 1.82) is 0 Å². The maximum atomic E-state index is 13.2. The van der Waals surface area contributed by atoms with Gasteiger partial charge in [0, 0.05) is 19.0 Å². The van der Waals surface area contributed by atoms with E-state index in [0.29, 0.717) is 27.2 Å². The first-order valence-corrected chi connectivity index (χ1v) is 11.2. The van der Waals surface area contributed by atoms with Crippen LogP contribution in [-0.2, 0) is 20.1 Å². The third-order valence-corrected chi connectivity index (χ3v) is 6.82. The van der Waals surface area contributed by atoms with Crippen molar-refractivity contribution in [3.63, 3.8) is 0 Å². The lowest BCUT2D eigenvalue weighted by Crippen LogP contribution is -2.38. The fourth-order valence-corrected chi connectivity index (χ4v) is 4.77. The van der Waals surface area contributed by atoms with E-state index in [4.69, 9.17) is 9.26 Å². The van der Waals surface area contributed by atoms with Gasteiger partial charge >= 0.3 is 5.69 Å². The average Bonchev–Trinajstić information content (AvgIpc) is 3.51. The fraction of sp³-hybridized carbons (Fsp3) is 0.167. The van der Waals surface area contributed by atoms with Crippen molar-refractivity contribution in [2.45, 2.75) is 13.1 Å². The summed E-state index contributed by atoms with van der Waals surface area (Å²) < 4.78 is 12.7. The molecule has 10 heteroatoms. The number of ether oxygens (including phenoxy) is 1. The molecule has 0 aliphatic heterocycles. The van der Waals surface area contributed by atoms with E-state index >= 15 is 0 Å². The predicted octanol–water partition coefficient (Wildman–Crippen LogP) is 2.89. The van der Waals surface area contributed by atoms with Gasteiger partial charge in [0.2, 0.25) is 0 Å². The summed E-state index contributed by atoms with van der Waals surface area (Å²) in [7, 11) is 3.19. The van der Waals surface area contributed by atoms with Crippen molar-refractivity contribution in [2.75, 3.05) is 7.11 Å². The third-order valence-electron chi connectivity index (χ3n) is 5.61. The molecule has 0 saturated heterocycles. The molecule has 34 heavy (non-hydrogen) atoms. The molecular weight excluding hydrogens is 456 g/mol. The number of benzene rings is 2. The number of carbonyl (C=O) groups excluding carboxylic acids is 1. The Morgan fingerprint density at radius 1 is 1.12 bits per heavy atom. The van der Waals surface area contributed by atoms with Gasteiger partial charge < -0.3 is 14.6 Å². The van der Waals surface area contributed by atoms with Crippen LogP contribution in [0.3, 0.4) is 0 Å². The number of amides is 1. The van der Waals surface area contributed by atoms with Crippen molar-refractivity contribution in [1.82, 2.24) is 19.6 Å². The summed E-state index contributed by atoms with van der Waals surface area (Å²) in [4.78, 5) is 39.7. The number of hydrogen-bond donors (Lipinski definition) is 1. The summed E-state index contributed by atoms with van der Waals surface area (Å²) in [5.41, 5.74) is 1.49. The number of methoxy groups -OCH3 is 1. The highest BCUT2D eigenvalue weighted by Crippen LogP contribution is 2.22. The maximum Gasteiger partial charge on any atom is 0.332 e. The summed E-state index contributed by atoms with van der Waals surface area (Å²) in [6.45, 7) is 0.420. The highest BCUT2D eigenvalue weighted by molar-refractivity contribution is 7.20. The van der Waals surface area contributed by atoms with E-state index < -0.39 is 11.2 Å². The number of fused-ring (bicyclic) bond motifs is 2. The van der Waals surface area contributed by atoms with Gasteiger partial charge in [0.15, 0.2) is 0 Å². The summed E-state index contributed by atoms with van der Waals surface area (Å²) in [6, 6.07) is 14.3. The molecule has 3 aromatic heterocycles. The predicted molar refractivity (Wildman–Crippen MR) is 129 cm³/mol. The molecular formula is C24H20N4O5S. The van der Waals surface area contributed by atoms with Crippen LogP contribution in [0.5, 0.6) is 5.75 Å². The Kier molecular flexibility index (Phi) is 5.50. The normalized spacial score (nSPS) is 11.2. The van der Waals surface area contributed by atoms with E-state index in [1.807, 2.05) is 30.3 Å². The lowest BCUT2D eigenvalue weighted by atomic mass is 10.1. The van der Waals surface area contributed by atoms with Crippen molar-refractivity contribution >= 4 is 38.4 Å². The van der Waals surface area contributed by atoms with Crippen LogP contribution in [0.1, 0.15) is 20.8 Å². The Balaban J connectivity index is 1.43. The molecule has 1 N–H and O–H groups in total. The van der Waals surface area contributed by atoms with E-state index in [2.05, 4.69) is 10.5 Å². The van der Waals surface area contributed by atoms with Gasteiger partial charge in [-0.1, -0.05) is 23.4 Å². The van der Waals surface area contributed by atoms with Crippen LogP contribution in [0, 0.1) is 0 Å². The van der Waals surface area contributed by atoms with Crippen LogP contribution in [-0.4, -0.2) is 27.3 Å². The van der Waals surface area contributed by atoms with Gasteiger partial charge in [-0.05, 0) is 41.5 Å². The van der Waals surface area contributed by atoms with Crippen LogP contribution in [0.25, 0.3) is 21.1 Å². The van der Waals surface area contributed by atoms with Crippen LogP contribution < -0.4 is 21.3 Å². The Labute approximate surface area is 196 Å². The molecule has 1 amide bonds. The van der Waals surface area contributed by atoms with E-state index in [1.54, 1.807) is 32.4 Å². The van der Waals surface area contributed by atoms with Crippen molar-refractivity contribution < 1.29 is 14.1 Å². The van der Waals surface area contributed by atoms with Gasteiger partial charge in [0.1, 0.15) is 22.4 Å². The fourth-order valence-electron chi connectivity index (χ4n) is 3.75. The molecule has 0 spiro atoms. The lowest BCUT2D eigenvalue weighted by Gasteiger charge is -2.08. The van der Waals surface area contributed by atoms with Crippen LogP contribution in [0.2, 0.25) is 0 Å². The van der Waals surface area contributed by atoms with Gasteiger partial charge in [-0.2, -0.15) is 0 Å². The van der Waals surface area contributed by atoms with Gasteiger partial charge in [0.05, 0.1) is 23.9 Å². The number of nitrogens with one attached hydrogen (secondary N) is 1. The smallest absolute Gasteiger partial charge is 0.332 e. The minimum atomic E-state index is -0.449. The highest BCUT2D eigenvalue weighted by Gasteiger charge is 2.18. The second-order valence-corrected chi connectivity index (χ2v) is 8.83. The molecule has 0 aliphatic carbocycles. The molecule has 5 aromatic rings. The largest absolute Gasteiger partial charge is 0.497 e. The molecule has 0 radical (unpaired) electrons. The zero-order chi connectivity index (χ0) is 23.8. The van der Waals surface area contributed by atoms with Crippen LogP contribution in [0.4, 0.5) is 0 Å². The SMILES string of the molecule is COc1ccc(CNC(=O)c2cc3c(=O)n(Cc4ccc5nocc5c4)c(=O)n(C)c3s2)cc1. The number of nitrogens with zero attached hydrogens (tertiary/aromatic N) is 3. The third kappa shape index (κ3) is 3.88. The molecule has 0 atom stereocenters. The quantitative estimate of drug-likeness (QED) is 0.404. The van der Waals surface area contributed by atoms with Crippen LogP contribution in [0.15, 0.2) is 68.9 Å². The lowest BCUT2D eigenvalue weighted by molar-refractivity contribution is 0.0955. The molecule has 2 aromatic carbocycles. The first kappa shape index (κ1) is 21.7. The zero-order valence-electron chi connectivity index (χ0n) is 18.4. The Morgan fingerprint density at radius 2 is 1.88 bits per heavy atom. The van der Waals surface area contributed by atoms with Crippen molar-refractivity contribution in [3.8, 4) is 5.75 Å². The number of carbonyl (C=O) groups is 1. The van der Waals surface area contributed by atoms with E-state index in [1.165, 1.54) is 15.4 Å². The Morgan fingerprint density at radius 3 is 2.65 bits per heavy atom. The zero-order valence-corrected chi connectivity index (χ0v) is 19.2. The molecule has 5 rings (SSSR count). The molecule has 0 unspecified atom stereocenters. The van der Waals surface area contributed by atoms with Crippen molar-refractivity contribution in [3.05, 3.63) is 91.6 Å². The molecule has 9 nitrogen and oxygen atoms in total. The summed E-state index contributed by atoms with van der Waals surface area (Å²) in [5.74, 6) is 0.423. The van der Waals surface area contributed by atoms with Gasteiger partial charge in [-0.15, -0.1) is 11.3 Å². The first-order chi connectivity index (χ1) is 16.4. The molecule has 0 aliphatic rings. The number of rotatable bonds is 6. The maximum absolute atomic E-state index is 13.2. The topological polar surface area (TPSA) is 108 Å². The number of aromatic nitrogens is 3. The van der Waals surface area contributed by atoms with E-state index in [0.717, 1.165) is 33.6 Å². The minimum Gasteiger partial charge on any atom is -0.497 e. The Bertz CT molecular complexity index is 1640. The summed E-state index contributed by atoms with van der Waals surface area (Å²) in [6.07, 6.45) is 1.51. The van der Waals surface area contributed by atoms with Gasteiger partial charge in [-0.3, -0.25) is 18.7 Å². The van der Waals surface area contributed by atoms with Gasteiger partial charge in [-0.25, -0.2) is 4.79 Å². The second-order valence-electron chi connectivity index (χ2n) is 7.80. The molecule has 0 bridgehead atoms. The molecule has 0 fully saturated rings. The summed E-state index contributed by atoms with van der Waals surface area (Å²) >= 11 is 1.12. The minimum absolute atomic E-state index is 0.0947. The van der Waals surface area contributed by atoms with Gasteiger partial charge in [0.25, 0.3) is 11.5 Å². The molecule has 3 heterocycles. The highest BCUT2D eigenvalue weighted by atomic mass is 32.1. The van der Waals surface area contributed by atoms with E-state index in [-0.39, 0.29) is 12.5 Å². The monoisotopic (exact) mass is 476 g/mol. The molecule has 0 saturated carbocycles. The number of thiophene rings is 1. The average molecular weight is 477 g/mol. The van der Waals surface area contributed by atoms with Crippen LogP contribution >= 0.6 is 11.3 Å². The van der Waals surface area contributed by atoms with E-state index in [9.17, 15) is 14.4 Å². The number of aryl methyl sites for hydroxylation is 1. The summed E-state index contributed by atoms with van der Waals surface area (Å²) in [5, 5.41) is 7.84. The standard InChI is InChI=1S/C24H20N4O5S/c1-27-23-18(10-20(34-23)21(29)25-11-14-3-6-17(32-2)7-4-14)22(30)28(24(27)31)12-15-5-8-19-16(9-15)13-33-26-19/h3-10,13H,11-12H2,1-2H3,(H,25,29). The Hall–Kier alpha value is -4.18.